The Balaban J connectivity index is 1.73. The minimum absolute atomic E-state index is 0.141. The first-order chi connectivity index (χ1) is 15.4. The van der Waals surface area contributed by atoms with Crippen LogP contribution >= 0.6 is 0 Å². The maximum atomic E-state index is 13.2. The van der Waals surface area contributed by atoms with Gasteiger partial charge in [0.1, 0.15) is 17.2 Å². The van der Waals surface area contributed by atoms with E-state index in [9.17, 15) is 9.59 Å². The standard InChI is InChI=1S/C23H28N2O7/c1-28-16-10-15(11-17(12-16)29-2)22(26)24-6-8-25(9-7-24)23(27)18-13-20(31-4)21(32-5)14-19(18)30-3/h10-14H,6-9H2,1-5H3. The molecule has 0 bridgehead atoms. The summed E-state index contributed by atoms with van der Waals surface area (Å²) in [5.41, 5.74) is 0.852. The van der Waals surface area contributed by atoms with Crippen LogP contribution in [-0.4, -0.2) is 83.3 Å². The number of methoxy groups -OCH3 is 5. The summed E-state index contributed by atoms with van der Waals surface area (Å²) in [4.78, 5) is 29.6. The molecule has 32 heavy (non-hydrogen) atoms. The van der Waals surface area contributed by atoms with Gasteiger partial charge >= 0.3 is 0 Å². The lowest BCUT2D eigenvalue weighted by Crippen LogP contribution is -2.50. The van der Waals surface area contributed by atoms with Crippen molar-refractivity contribution < 1.29 is 33.3 Å². The van der Waals surface area contributed by atoms with Crippen LogP contribution in [0.5, 0.6) is 28.7 Å². The Kier molecular flexibility index (Phi) is 7.29. The van der Waals surface area contributed by atoms with Crippen LogP contribution < -0.4 is 23.7 Å². The average Bonchev–Trinajstić information content (AvgIpc) is 2.86. The molecule has 0 unspecified atom stereocenters. The predicted molar refractivity (Wildman–Crippen MR) is 117 cm³/mol. The minimum atomic E-state index is -0.196. The van der Waals surface area contributed by atoms with Crippen molar-refractivity contribution in [1.82, 2.24) is 9.80 Å². The van der Waals surface area contributed by atoms with E-state index in [2.05, 4.69) is 0 Å². The first-order valence-corrected chi connectivity index (χ1v) is 10.1. The first-order valence-electron chi connectivity index (χ1n) is 10.1. The third kappa shape index (κ3) is 4.66. The van der Waals surface area contributed by atoms with Crippen LogP contribution in [0.1, 0.15) is 20.7 Å². The van der Waals surface area contributed by atoms with Crippen LogP contribution in [0, 0.1) is 0 Å². The van der Waals surface area contributed by atoms with Gasteiger partial charge in [-0.05, 0) is 12.1 Å². The average molecular weight is 444 g/mol. The predicted octanol–water partition coefficient (Wildman–Crippen LogP) is 2.33. The molecule has 0 radical (unpaired) electrons. The van der Waals surface area contributed by atoms with Gasteiger partial charge in [-0.3, -0.25) is 9.59 Å². The third-order valence-electron chi connectivity index (χ3n) is 5.39. The van der Waals surface area contributed by atoms with E-state index in [1.54, 1.807) is 40.1 Å². The first kappa shape index (κ1) is 23.1. The second kappa shape index (κ2) is 10.1. The van der Waals surface area contributed by atoms with Crippen molar-refractivity contribution in [2.75, 3.05) is 61.7 Å². The SMILES string of the molecule is COc1cc(OC)cc(C(=O)N2CCN(C(=O)c3cc(OC)c(OC)cc3OC)CC2)c1. The summed E-state index contributed by atoms with van der Waals surface area (Å²) < 4.78 is 26.5. The molecule has 0 atom stereocenters. The second-order valence-electron chi connectivity index (χ2n) is 7.09. The molecule has 1 aliphatic heterocycles. The van der Waals surface area contributed by atoms with Gasteiger partial charge in [0, 0.05) is 49.9 Å². The van der Waals surface area contributed by atoms with Crippen LogP contribution in [0.4, 0.5) is 0 Å². The number of hydrogen-bond acceptors (Lipinski definition) is 7. The lowest BCUT2D eigenvalue weighted by molar-refractivity contribution is 0.0533. The smallest absolute Gasteiger partial charge is 0.257 e. The van der Waals surface area contributed by atoms with Gasteiger partial charge in [-0.15, -0.1) is 0 Å². The third-order valence-corrected chi connectivity index (χ3v) is 5.39. The summed E-state index contributed by atoms with van der Waals surface area (Å²) in [6.45, 7) is 1.59. The van der Waals surface area contributed by atoms with E-state index in [1.165, 1.54) is 35.5 Å². The molecule has 9 heteroatoms. The Morgan fingerprint density at radius 2 is 1.06 bits per heavy atom. The van der Waals surface area contributed by atoms with E-state index in [-0.39, 0.29) is 11.8 Å². The number of carbonyl (C=O) groups is 2. The minimum Gasteiger partial charge on any atom is -0.497 e. The molecule has 2 aromatic rings. The van der Waals surface area contributed by atoms with Crippen LogP contribution in [0.2, 0.25) is 0 Å². The molecule has 0 aromatic heterocycles. The van der Waals surface area contributed by atoms with Gasteiger partial charge in [-0.25, -0.2) is 0 Å². The van der Waals surface area contributed by atoms with Gasteiger partial charge in [-0.2, -0.15) is 0 Å². The van der Waals surface area contributed by atoms with Gasteiger partial charge in [0.2, 0.25) is 0 Å². The number of nitrogens with zero attached hydrogens (tertiary/aromatic N) is 2. The maximum Gasteiger partial charge on any atom is 0.257 e. The fraction of sp³-hybridized carbons (Fsp3) is 0.391. The largest absolute Gasteiger partial charge is 0.497 e. The fourth-order valence-electron chi connectivity index (χ4n) is 3.59. The molecule has 1 heterocycles. The summed E-state index contributed by atoms with van der Waals surface area (Å²) in [5.74, 6) is 2.07. The summed E-state index contributed by atoms with van der Waals surface area (Å²) in [7, 11) is 7.60. The Morgan fingerprint density at radius 1 is 0.594 bits per heavy atom. The molecule has 0 aliphatic carbocycles. The highest BCUT2D eigenvalue weighted by atomic mass is 16.5. The molecular formula is C23H28N2O7. The molecular weight excluding hydrogens is 416 g/mol. The molecule has 0 spiro atoms. The van der Waals surface area contributed by atoms with E-state index in [4.69, 9.17) is 23.7 Å². The lowest BCUT2D eigenvalue weighted by Gasteiger charge is -2.35. The van der Waals surface area contributed by atoms with Crippen LogP contribution in [0.3, 0.4) is 0 Å². The Labute approximate surface area is 187 Å². The number of ether oxygens (including phenoxy) is 5. The summed E-state index contributed by atoms with van der Waals surface area (Å²) >= 11 is 0. The molecule has 3 rings (SSSR count). The fourth-order valence-corrected chi connectivity index (χ4v) is 3.59. The van der Waals surface area contributed by atoms with Crippen molar-refractivity contribution in [3.05, 3.63) is 41.5 Å². The van der Waals surface area contributed by atoms with Gasteiger partial charge in [0.15, 0.2) is 11.5 Å². The van der Waals surface area contributed by atoms with E-state index >= 15 is 0 Å². The van der Waals surface area contributed by atoms with Crippen molar-refractivity contribution in [3.63, 3.8) is 0 Å². The van der Waals surface area contributed by atoms with E-state index in [1.807, 2.05) is 0 Å². The highest BCUT2D eigenvalue weighted by Gasteiger charge is 2.28. The molecule has 1 saturated heterocycles. The summed E-state index contributed by atoms with van der Waals surface area (Å²) in [5, 5.41) is 0. The monoisotopic (exact) mass is 444 g/mol. The normalized spacial score (nSPS) is 13.4. The zero-order valence-electron chi connectivity index (χ0n) is 19.0. The highest BCUT2D eigenvalue weighted by Crippen LogP contribution is 2.35. The molecule has 2 aromatic carbocycles. The molecule has 9 nitrogen and oxygen atoms in total. The molecule has 1 aliphatic rings. The van der Waals surface area contributed by atoms with Crippen molar-refractivity contribution >= 4 is 11.8 Å². The number of amides is 2. The zero-order valence-corrected chi connectivity index (χ0v) is 19.0. The van der Waals surface area contributed by atoms with E-state index < -0.39 is 0 Å². The van der Waals surface area contributed by atoms with Crippen molar-refractivity contribution in [2.24, 2.45) is 0 Å². The number of hydrogen-bond donors (Lipinski definition) is 0. The zero-order chi connectivity index (χ0) is 23.3. The van der Waals surface area contributed by atoms with Gasteiger partial charge in [-0.1, -0.05) is 0 Å². The quantitative estimate of drug-likeness (QED) is 0.648. The molecule has 0 N–H and O–H groups in total. The Morgan fingerprint density at radius 3 is 1.53 bits per heavy atom. The Bertz CT molecular complexity index is 962. The van der Waals surface area contributed by atoms with E-state index in [0.717, 1.165) is 0 Å². The number of rotatable bonds is 7. The van der Waals surface area contributed by atoms with Crippen molar-refractivity contribution in [2.45, 2.75) is 0 Å². The maximum absolute atomic E-state index is 13.2. The van der Waals surface area contributed by atoms with E-state index in [0.29, 0.717) is 66.1 Å². The summed E-state index contributed by atoms with van der Waals surface area (Å²) in [6, 6.07) is 8.31. The summed E-state index contributed by atoms with van der Waals surface area (Å²) in [6.07, 6.45) is 0. The number of benzene rings is 2. The Hall–Kier alpha value is -3.62. The molecule has 2 amide bonds. The number of carbonyl (C=O) groups excluding carboxylic acids is 2. The van der Waals surface area contributed by atoms with Gasteiger partial charge in [0.05, 0.1) is 41.1 Å². The second-order valence-corrected chi connectivity index (χ2v) is 7.09. The lowest BCUT2D eigenvalue weighted by atomic mass is 10.1. The topological polar surface area (TPSA) is 86.8 Å². The molecule has 172 valence electrons. The highest BCUT2D eigenvalue weighted by molar-refractivity contribution is 5.98. The number of piperazine rings is 1. The van der Waals surface area contributed by atoms with Crippen LogP contribution in [0.25, 0.3) is 0 Å². The van der Waals surface area contributed by atoms with Crippen LogP contribution in [0.15, 0.2) is 30.3 Å². The molecule has 1 fully saturated rings. The van der Waals surface area contributed by atoms with Crippen LogP contribution in [-0.2, 0) is 0 Å². The van der Waals surface area contributed by atoms with Gasteiger partial charge in [0.25, 0.3) is 11.8 Å². The van der Waals surface area contributed by atoms with Crippen molar-refractivity contribution in [3.8, 4) is 28.7 Å². The molecule has 0 saturated carbocycles. The van der Waals surface area contributed by atoms with Crippen molar-refractivity contribution in [1.29, 1.82) is 0 Å². The van der Waals surface area contributed by atoms with Gasteiger partial charge < -0.3 is 33.5 Å².